The minimum absolute atomic E-state index is 0.202. The van der Waals surface area contributed by atoms with Gasteiger partial charge in [0.15, 0.2) is 0 Å². The number of halogens is 2. The van der Waals surface area contributed by atoms with E-state index in [9.17, 15) is 4.39 Å². The van der Waals surface area contributed by atoms with E-state index in [-0.39, 0.29) is 17.6 Å². The number of benzene rings is 2. The van der Waals surface area contributed by atoms with Crippen molar-refractivity contribution in [2.45, 2.75) is 89.9 Å². The first-order valence-electron chi connectivity index (χ1n) is 13.3. The van der Waals surface area contributed by atoms with Crippen LogP contribution < -0.4 is 4.74 Å². The second-order valence-corrected chi connectivity index (χ2v) is 10.5. The smallest absolute Gasteiger partial charge is 0.134 e. The molecule has 2 fully saturated rings. The Morgan fingerprint density at radius 2 is 1.70 bits per heavy atom. The van der Waals surface area contributed by atoms with Crippen LogP contribution in [-0.4, -0.2) is 6.61 Å². The molecule has 2 saturated carbocycles. The van der Waals surface area contributed by atoms with Gasteiger partial charge < -0.3 is 4.74 Å². The predicted molar refractivity (Wildman–Crippen MR) is 134 cm³/mol. The Hall–Kier alpha value is -1.90. The number of ether oxygens (including phenoxy) is 1. The molecule has 180 valence electrons. The van der Waals surface area contributed by atoms with Crippen LogP contribution in [0.5, 0.6) is 5.75 Å². The maximum absolute atomic E-state index is 15.2. The molecule has 2 aliphatic rings. The summed E-state index contributed by atoms with van der Waals surface area (Å²) in [7, 11) is 0. The SMILES string of the molecule is C=CCOc1cc(F)c2cc([C@@H]3CC[C@@H]4CC(CCCCCCC)CCC4C3)c(F)cc2c1. The third kappa shape index (κ3) is 5.97. The first-order chi connectivity index (χ1) is 16.1. The van der Waals surface area contributed by atoms with E-state index in [1.165, 1.54) is 76.3 Å². The van der Waals surface area contributed by atoms with Gasteiger partial charge in [0.1, 0.15) is 24.0 Å². The van der Waals surface area contributed by atoms with Gasteiger partial charge in [-0.05, 0) is 84.9 Å². The van der Waals surface area contributed by atoms with Crippen LogP contribution in [-0.2, 0) is 0 Å². The summed E-state index contributed by atoms with van der Waals surface area (Å²) in [5.74, 6) is 2.48. The lowest BCUT2D eigenvalue weighted by Crippen LogP contribution is -2.30. The standard InChI is InChI=1S/C30H40F2O/c1-3-5-6-7-8-9-21-10-11-23-16-24(13-12-22(23)15-21)27-20-28-25(18-29(27)31)17-26(19-30(28)32)33-14-4-2/h4,17-24H,2-3,5-16H2,1H3/t21?,22-,23?,24-/m1/s1. The highest BCUT2D eigenvalue weighted by molar-refractivity contribution is 5.85. The van der Waals surface area contributed by atoms with Crippen LogP contribution in [0.15, 0.2) is 36.9 Å². The Bertz CT molecular complexity index is 937. The molecule has 1 nitrogen and oxygen atoms in total. The van der Waals surface area contributed by atoms with Crippen molar-refractivity contribution in [2.75, 3.05) is 6.61 Å². The average Bonchev–Trinajstić information content (AvgIpc) is 2.82. The fourth-order valence-corrected chi connectivity index (χ4v) is 6.45. The van der Waals surface area contributed by atoms with Crippen LogP contribution in [0.25, 0.3) is 10.8 Å². The summed E-state index contributed by atoms with van der Waals surface area (Å²) in [6, 6.07) is 6.38. The quantitative estimate of drug-likeness (QED) is 0.257. The molecule has 4 atom stereocenters. The molecule has 0 aromatic heterocycles. The van der Waals surface area contributed by atoms with Crippen molar-refractivity contribution in [1.29, 1.82) is 0 Å². The maximum Gasteiger partial charge on any atom is 0.134 e. The molecule has 2 aromatic carbocycles. The molecule has 2 unspecified atom stereocenters. The summed E-state index contributed by atoms with van der Waals surface area (Å²) < 4.78 is 35.4. The van der Waals surface area contributed by atoms with Crippen molar-refractivity contribution < 1.29 is 13.5 Å². The molecule has 2 aliphatic carbocycles. The number of rotatable bonds is 10. The van der Waals surface area contributed by atoms with Crippen molar-refractivity contribution in [1.82, 2.24) is 0 Å². The highest BCUT2D eigenvalue weighted by atomic mass is 19.1. The minimum Gasteiger partial charge on any atom is -0.489 e. The molecule has 0 radical (unpaired) electrons. The summed E-state index contributed by atoms with van der Waals surface area (Å²) in [4.78, 5) is 0. The lowest BCUT2D eigenvalue weighted by molar-refractivity contribution is 0.112. The molecule has 0 heterocycles. The van der Waals surface area contributed by atoms with Crippen molar-refractivity contribution >= 4 is 10.8 Å². The second kappa shape index (κ2) is 11.5. The van der Waals surface area contributed by atoms with E-state index >= 15 is 4.39 Å². The normalized spacial score (nSPS) is 25.1. The zero-order valence-corrected chi connectivity index (χ0v) is 20.3. The lowest BCUT2D eigenvalue weighted by Gasteiger charge is -2.42. The fourth-order valence-electron chi connectivity index (χ4n) is 6.45. The first kappa shape index (κ1) is 24.2. The van der Waals surface area contributed by atoms with E-state index in [4.69, 9.17) is 4.74 Å². The summed E-state index contributed by atoms with van der Waals surface area (Å²) in [5, 5.41) is 1.05. The Balaban J connectivity index is 1.39. The van der Waals surface area contributed by atoms with Gasteiger partial charge >= 0.3 is 0 Å². The van der Waals surface area contributed by atoms with Crippen LogP contribution in [0.3, 0.4) is 0 Å². The molecule has 3 heteroatoms. The molecule has 2 aromatic rings. The zero-order valence-electron chi connectivity index (χ0n) is 20.3. The van der Waals surface area contributed by atoms with Gasteiger partial charge in [-0.25, -0.2) is 8.78 Å². The largest absolute Gasteiger partial charge is 0.489 e. The van der Waals surface area contributed by atoms with Gasteiger partial charge in [-0.1, -0.05) is 64.5 Å². The van der Waals surface area contributed by atoms with Gasteiger partial charge in [-0.2, -0.15) is 0 Å². The van der Waals surface area contributed by atoms with Gasteiger partial charge in [0, 0.05) is 11.5 Å². The van der Waals surface area contributed by atoms with Crippen LogP contribution in [0.2, 0.25) is 0 Å². The highest BCUT2D eigenvalue weighted by Crippen LogP contribution is 2.49. The van der Waals surface area contributed by atoms with Gasteiger partial charge in [0.05, 0.1) is 0 Å². The molecule has 33 heavy (non-hydrogen) atoms. The van der Waals surface area contributed by atoms with E-state index in [2.05, 4.69) is 13.5 Å². The van der Waals surface area contributed by atoms with E-state index in [1.54, 1.807) is 18.2 Å². The lowest BCUT2D eigenvalue weighted by atomic mass is 9.63. The molecule has 0 saturated heterocycles. The van der Waals surface area contributed by atoms with Crippen molar-refractivity contribution in [2.24, 2.45) is 17.8 Å². The predicted octanol–water partition coefficient (Wildman–Crippen LogP) is 9.34. The Morgan fingerprint density at radius 3 is 2.52 bits per heavy atom. The van der Waals surface area contributed by atoms with E-state index in [0.29, 0.717) is 34.6 Å². The van der Waals surface area contributed by atoms with E-state index in [0.717, 1.165) is 24.7 Å². The number of fused-ring (bicyclic) bond motifs is 2. The molecule has 0 N–H and O–H groups in total. The third-order valence-electron chi connectivity index (χ3n) is 8.24. The Morgan fingerprint density at radius 1 is 0.909 bits per heavy atom. The molecular weight excluding hydrogens is 414 g/mol. The molecular formula is C30H40F2O. The fraction of sp³-hybridized carbons (Fsp3) is 0.600. The van der Waals surface area contributed by atoms with Crippen molar-refractivity contribution in [3.8, 4) is 5.75 Å². The zero-order chi connectivity index (χ0) is 23.2. The van der Waals surface area contributed by atoms with Crippen LogP contribution in [0.4, 0.5) is 8.78 Å². The first-order valence-corrected chi connectivity index (χ1v) is 13.3. The Kier molecular flexibility index (Phi) is 8.44. The maximum atomic E-state index is 15.2. The van der Waals surface area contributed by atoms with Crippen LogP contribution in [0, 0.1) is 29.4 Å². The van der Waals surface area contributed by atoms with Gasteiger partial charge in [0.25, 0.3) is 0 Å². The summed E-state index contributed by atoms with van der Waals surface area (Å²) in [5.41, 5.74) is 0.706. The van der Waals surface area contributed by atoms with Gasteiger partial charge in [-0.3, -0.25) is 0 Å². The summed E-state index contributed by atoms with van der Waals surface area (Å²) in [6.07, 6.45) is 17.1. The number of hydrogen-bond acceptors (Lipinski definition) is 1. The average molecular weight is 455 g/mol. The second-order valence-electron chi connectivity index (χ2n) is 10.5. The van der Waals surface area contributed by atoms with Crippen LogP contribution >= 0.6 is 0 Å². The summed E-state index contributed by atoms with van der Waals surface area (Å²) in [6.45, 7) is 6.19. The molecule has 0 bridgehead atoms. The topological polar surface area (TPSA) is 9.23 Å². The Labute approximate surface area is 198 Å². The molecule has 0 spiro atoms. The monoisotopic (exact) mass is 454 g/mol. The van der Waals surface area contributed by atoms with E-state index in [1.807, 2.05) is 0 Å². The number of hydrogen-bond donors (Lipinski definition) is 0. The van der Waals surface area contributed by atoms with Crippen LogP contribution in [0.1, 0.15) is 95.5 Å². The summed E-state index contributed by atoms with van der Waals surface area (Å²) >= 11 is 0. The van der Waals surface area contributed by atoms with Crippen molar-refractivity contribution in [3.05, 3.63) is 54.1 Å². The van der Waals surface area contributed by atoms with Crippen molar-refractivity contribution in [3.63, 3.8) is 0 Å². The molecule has 4 rings (SSSR count). The third-order valence-corrected chi connectivity index (χ3v) is 8.24. The minimum atomic E-state index is -0.346. The van der Waals surface area contributed by atoms with Gasteiger partial charge in [0.2, 0.25) is 0 Å². The molecule has 0 aliphatic heterocycles. The van der Waals surface area contributed by atoms with Gasteiger partial charge in [-0.15, -0.1) is 0 Å². The molecule has 0 amide bonds. The highest BCUT2D eigenvalue weighted by Gasteiger charge is 2.36. The number of unbranched alkanes of at least 4 members (excludes halogenated alkanes) is 4. The van der Waals surface area contributed by atoms with E-state index < -0.39 is 0 Å².